The second-order valence-electron chi connectivity index (χ2n) is 4.10. The molecule has 76 valence electrons. The highest BCUT2D eigenvalue weighted by atomic mass is 32.2. The van der Waals surface area contributed by atoms with E-state index in [9.17, 15) is 8.42 Å². The van der Waals surface area contributed by atoms with Crippen LogP contribution >= 0.6 is 0 Å². The van der Waals surface area contributed by atoms with Crippen molar-refractivity contribution < 1.29 is 13.5 Å². The maximum Gasteiger partial charge on any atom is 0.150 e. The summed E-state index contributed by atoms with van der Waals surface area (Å²) in [6.07, 6.45) is 0. The van der Waals surface area contributed by atoms with Gasteiger partial charge < -0.3 is 10.4 Å². The van der Waals surface area contributed by atoms with E-state index in [1.54, 1.807) is 0 Å². The van der Waals surface area contributed by atoms with Gasteiger partial charge >= 0.3 is 0 Å². The molecule has 2 atom stereocenters. The van der Waals surface area contributed by atoms with Crippen LogP contribution in [0.4, 0.5) is 0 Å². The number of aliphatic hydroxyl groups is 1. The minimum Gasteiger partial charge on any atom is -0.396 e. The van der Waals surface area contributed by atoms with Gasteiger partial charge in [0.15, 0.2) is 9.84 Å². The SMILES string of the molecule is O=S1(=O)CC2CNCC(C1)C2CO. The Morgan fingerprint density at radius 3 is 2.23 bits per heavy atom. The summed E-state index contributed by atoms with van der Waals surface area (Å²) in [5.41, 5.74) is 0. The molecule has 0 aromatic carbocycles. The molecule has 2 saturated heterocycles. The van der Waals surface area contributed by atoms with Crippen LogP contribution in [0.5, 0.6) is 0 Å². The summed E-state index contributed by atoms with van der Waals surface area (Å²) in [4.78, 5) is 0. The van der Waals surface area contributed by atoms with Crippen molar-refractivity contribution in [1.29, 1.82) is 0 Å². The first-order valence-electron chi connectivity index (χ1n) is 4.64. The van der Waals surface area contributed by atoms with E-state index in [4.69, 9.17) is 5.11 Å². The summed E-state index contributed by atoms with van der Waals surface area (Å²) in [6, 6.07) is 0. The van der Waals surface area contributed by atoms with Gasteiger partial charge in [0.25, 0.3) is 0 Å². The predicted octanol–water partition coefficient (Wildman–Crippen LogP) is -1.14. The van der Waals surface area contributed by atoms with Gasteiger partial charge in [-0.1, -0.05) is 0 Å². The van der Waals surface area contributed by atoms with Gasteiger partial charge in [-0.05, 0) is 30.8 Å². The van der Waals surface area contributed by atoms with Gasteiger partial charge in [0.1, 0.15) is 0 Å². The quantitative estimate of drug-likeness (QED) is 0.568. The third kappa shape index (κ3) is 1.73. The highest BCUT2D eigenvalue weighted by molar-refractivity contribution is 7.91. The Morgan fingerprint density at radius 1 is 1.23 bits per heavy atom. The van der Waals surface area contributed by atoms with Crippen LogP contribution in [0.25, 0.3) is 0 Å². The fourth-order valence-corrected chi connectivity index (χ4v) is 4.70. The molecule has 2 aliphatic heterocycles. The van der Waals surface area contributed by atoms with Crippen LogP contribution in [0.1, 0.15) is 0 Å². The van der Waals surface area contributed by atoms with Crippen LogP contribution in [0.3, 0.4) is 0 Å². The smallest absolute Gasteiger partial charge is 0.150 e. The lowest BCUT2D eigenvalue weighted by Gasteiger charge is -2.41. The number of rotatable bonds is 1. The number of hydrogen-bond acceptors (Lipinski definition) is 4. The third-order valence-electron chi connectivity index (χ3n) is 3.17. The Bertz CT molecular complexity index is 268. The molecule has 2 bridgehead atoms. The molecule has 0 aliphatic carbocycles. The molecule has 0 aromatic rings. The van der Waals surface area contributed by atoms with E-state index >= 15 is 0 Å². The van der Waals surface area contributed by atoms with E-state index < -0.39 is 9.84 Å². The largest absolute Gasteiger partial charge is 0.396 e. The first-order chi connectivity index (χ1) is 6.12. The number of aliphatic hydroxyl groups excluding tert-OH is 1. The fourth-order valence-electron chi connectivity index (χ4n) is 2.53. The van der Waals surface area contributed by atoms with Gasteiger partial charge in [0.05, 0.1) is 11.5 Å². The summed E-state index contributed by atoms with van der Waals surface area (Å²) >= 11 is 0. The molecule has 4 nitrogen and oxygen atoms in total. The van der Waals surface area contributed by atoms with Crippen molar-refractivity contribution in [2.45, 2.75) is 0 Å². The standard InChI is InChI=1S/C8H15NO3S/c10-3-8-6-1-9-2-7(8)5-13(11,12)4-6/h6-10H,1-5H2. The van der Waals surface area contributed by atoms with E-state index in [0.29, 0.717) is 0 Å². The lowest BCUT2D eigenvalue weighted by molar-refractivity contribution is 0.105. The number of sulfone groups is 1. The Balaban J connectivity index is 2.21. The van der Waals surface area contributed by atoms with E-state index in [0.717, 1.165) is 13.1 Å². The van der Waals surface area contributed by atoms with Gasteiger partial charge in [-0.15, -0.1) is 0 Å². The number of fused-ring (bicyclic) bond motifs is 2. The fraction of sp³-hybridized carbons (Fsp3) is 1.00. The van der Waals surface area contributed by atoms with E-state index in [1.165, 1.54) is 0 Å². The zero-order valence-corrected chi connectivity index (χ0v) is 8.26. The van der Waals surface area contributed by atoms with Crippen LogP contribution in [0, 0.1) is 17.8 Å². The molecule has 0 saturated carbocycles. The molecule has 2 aliphatic rings. The molecular formula is C8H15NO3S. The van der Waals surface area contributed by atoms with Crippen molar-refractivity contribution in [3.63, 3.8) is 0 Å². The Morgan fingerprint density at radius 2 is 1.77 bits per heavy atom. The highest BCUT2D eigenvalue weighted by Gasteiger charge is 2.41. The number of hydrogen-bond donors (Lipinski definition) is 2. The first kappa shape index (κ1) is 9.43. The minimum atomic E-state index is -2.84. The summed E-state index contributed by atoms with van der Waals surface area (Å²) in [6.45, 7) is 1.61. The monoisotopic (exact) mass is 205 g/mol. The van der Waals surface area contributed by atoms with Crippen LogP contribution in [-0.2, 0) is 9.84 Å². The molecule has 0 amide bonds. The summed E-state index contributed by atoms with van der Waals surface area (Å²) in [5, 5.41) is 12.4. The Kier molecular flexibility index (Phi) is 2.33. The molecule has 2 rings (SSSR count). The third-order valence-corrected chi connectivity index (χ3v) is 5.04. The minimum absolute atomic E-state index is 0.127. The van der Waals surface area contributed by atoms with Crippen molar-refractivity contribution in [3.8, 4) is 0 Å². The molecule has 2 N–H and O–H groups in total. The topological polar surface area (TPSA) is 66.4 Å². The zero-order valence-electron chi connectivity index (χ0n) is 7.44. The molecule has 0 aromatic heterocycles. The van der Waals surface area contributed by atoms with E-state index in [1.807, 2.05) is 0 Å². The lowest BCUT2D eigenvalue weighted by Crippen LogP contribution is -2.53. The average Bonchev–Trinajstić information content (AvgIpc) is 2.01. The second kappa shape index (κ2) is 3.22. The maximum absolute atomic E-state index is 11.4. The van der Waals surface area contributed by atoms with Gasteiger partial charge in [0, 0.05) is 6.61 Å². The maximum atomic E-state index is 11.4. The van der Waals surface area contributed by atoms with E-state index in [2.05, 4.69) is 5.32 Å². The normalized spacial score (nSPS) is 43.0. The Hall–Kier alpha value is -0.130. The molecule has 2 unspecified atom stereocenters. The summed E-state index contributed by atoms with van der Waals surface area (Å²) in [7, 11) is -2.84. The van der Waals surface area contributed by atoms with Crippen LogP contribution in [-0.4, -0.2) is 44.7 Å². The highest BCUT2D eigenvalue weighted by Crippen LogP contribution is 2.31. The van der Waals surface area contributed by atoms with Gasteiger partial charge in [-0.25, -0.2) is 8.42 Å². The summed E-state index contributed by atoms with van der Waals surface area (Å²) < 4.78 is 22.8. The molecular weight excluding hydrogens is 190 g/mol. The van der Waals surface area contributed by atoms with Crippen molar-refractivity contribution in [1.82, 2.24) is 5.32 Å². The molecule has 0 radical (unpaired) electrons. The number of nitrogens with one attached hydrogen (secondary N) is 1. The average molecular weight is 205 g/mol. The van der Waals surface area contributed by atoms with Crippen molar-refractivity contribution in [2.75, 3.05) is 31.2 Å². The number of piperidine rings is 1. The van der Waals surface area contributed by atoms with Gasteiger partial charge in [-0.2, -0.15) is 0 Å². The zero-order chi connectivity index (χ0) is 9.47. The van der Waals surface area contributed by atoms with Crippen molar-refractivity contribution in [3.05, 3.63) is 0 Å². The van der Waals surface area contributed by atoms with E-state index in [-0.39, 0.29) is 35.9 Å². The van der Waals surface area contributed by atoms with Gasteiger partial charge in [0.2, 0.25) is 0 Å². The molecule has 2 heterocycles. The van der Waals surface area contributed by atoms with Crippen LogP contribution in [0.15, 0.2) is 0 Å². The van der Waals surface area contributed by atoms with Crippen LogP contribution in [0.2, 0.25) is 0 Å². The molecule has 5 heteroatoms. The van der Waals surface area contributed by atoms with Gasteiger partial charge in [-0.3, -0.25) is 0 Å². The molecule has 2 fully saturated rings. The second-order valence-corrected chi connectivity index (χ2v) is 6.26. The first-order valence-corrected chi connectivity index (χ1v) is 6.46. The van der Waals surface area contributed by atoms with Crippen molar-refractivity contribution in [2.24, 2.45) is 17.8 Å². The van der Waals surface area contributed by atoms with Crippen LogP contribution < -0.4 is 5.32 Å². The Labute approximate surface area is 78.3 Å². The lowest BCUT2D eigenvalue weighted by atomic mass is 9.80. The summed E-state index contributed by atoms with van der Waals surface area (Å²) in [5.74, 6) is 0.957. The molecule has 13 heavy (non-hydrogen) atoms. The molecule has 0 spiro atoms. The van der Waals surface area contributed by atoms with Crippen molar-refractivity contribution >= 4 is 9.84 Å². The predicted molar refractivity (Wildman–Crippen MR) is 49.1 cm³/mol.